The van der Waals surface area contributed by atoms with E-state index in [1.165, 1.54) is 22.3 Å². The second-order valence-corrected chi connectivity index (χ2v) is 10.0. The number of aromatic nitrogens is 3. The summed E-state index contributed by atoms with van der Waals surface area (Å²) in [5, 5.41) is 10.1. The zero-order valence-electron chi connectivity index (χ0n) is 18.9. The Labute approximate surface area is 189 Å². The first-order valence-corrected chi connectivity index (χ1v) is 11.6. The molecule has 0 fully saturated rings. The van der Waals surface area contributed by atoms with Crippen LogP contribution in [0.2, 0.25) is 0 Å². The van der Waals surface area contributed by atoms with Gasteiger partial charge in [-0.2, -0.15) is 0 Å². The molecule has 158 valence electrons. The fraction of sp³-hybridized carbons (Fsp3) is 0.259. The van der Waals surface area contributed by atoms with Crippen LogP contribution >= 0.6 is 11.8 Å². The van der Waals surface area contributed by atoms with E-state index in [9.17, 15) is 0 Å². The Morgan fingerprint density at radius 2 is 1.32 bits per heavy atom. The van der Waals surface area contributed by atoms with Crippen LogP contribution in [-0.2, 0) is 11.2 Å². The van der Waals surface area contributed by atoms with Crippen LogP contribution < -0.4 is 0 Å². The monoisotopic (exact) mass is 427 g/mol. The van der Waals surface area contributed by atoms with Crippen LogP contribution in [0.4, 0.5) is 0 Å². The molecule has 0 aliphatic carbocycles. The number of thioether (sulfide) groups is 1. The van der Waals surface area contributed by atoms with Crippen LogP contribution in [-0.4, -0.2) is 14.8 Å². The average Bonchev–Trinajstić information content (AvgIpc) is 3.17. The summed E-state index contributed by atoms with van der Waals surface area (Å²) in [6, 6.07) is 25.9. The van der Waals surface area contributed by atoms with Crippen LogP contribution in [0.25, 0.3) is 17.1 Å². The molecule has 4 aromatic rings. The van der Waals surface area contributed by atoms with E-state index < -0.39 is 0 Å². The van der Waals surface area contributed by atoms with Crippen molar-refractivity contribution < 1.29 is 0 Å². The minimum Gasteiger partial charge on any atom is -0.270 e. The highest BCUT2D eigenvalue weighted by atomic mass is 32.2. The topological polar surface area (TPSA) is 30.7 Å². The van der Waals surface area contributed by atoms with Crippen LogP contribution in [0, 0.1) is 13.8 Å². The van der Waals surface area contributed by atoms with Gasteiger partial charge in [0.05, 0.1) is 0 Å². The summed E-state index contributed by atoms with van der Waals surface area (Å²) in [6.45, 7) is 10.9. The second-order valence-electron chi connectivity index (χ2n) is 9.08. The van der Waals surface area contributed by atoms with Crippen LogP contribution in [0.15, 0.2) is 78.0 Å². The standard InChI is InChI=1S/C27H29N3S/c1-19-6-10-21(11-7-19)18-31-26-29-28-25(30(26)24-16-8-20(2)9-17-24)22-12-14-23(15-13-22)27(3,4)5/h6-17H,18H2,1-5H3. The Morgan fingerprint density at radius 1 is 0.742 bits per heavy atom. The van der Waals surface area contributed by atoms with Gasteiger partial charge in [-0.3, -0.25) is 4.57 Å². The summed E-state index contributed by atoms with van der Waals surface area (Å²) in [5.41, 5.74) is 7.38. The molecule has 0 aliphatic heterocycles. The zero-order chi connectivity index (χ0) is 22.0. The van der Waals surface area contributed by atoms with E-state index in [1.54, 1.807) is 11.8 Å². The molecule has 0 bridgehead atoms. The van der Waals surface area contributed by atoms with Crippen molar-refractivity contribution in [3.63, 3.8) is 0 Å². The van der Waals surface area contributed by atoms with Crippen molar-refractivity contribution in [3.8, 4) is 17.1 Å². The molecule has 0 saturated carbocycles. The zero-order valence-corrected chi connectivity index (χ0v) is 19.7. The van der Waals surface area contributed by atoms with Gasteiger partial charge >= 0.3 is 0 Å². The van der Waals surface area contributed by atoms with E-state index in [1.807, 2.05) is 0 Å². The maximum absolute atomic E-state index is 4.60. The molecule has 4 rings (SSSR count). The minimum atomic E-state index is 0.123. The van der Waals surface area contributed by atoms with Crippen molar-refractivity contribution >= 4 is 11.8 Å². The Balaban J connectivity index is 1.71. The summed E-state index contributed by atoms with van der Waals surface area (Å²) >= 11 is 1.72. The first kappa shape index (κ1) is 21.4. The molecule has 1 aromatic heterocycles. The van der Waals surface area contributed by atoms with Gasteiger partial charge in [0.2, 0.25) is 0 Å². The quantitative estimate of drug-likeness (QED) is 0.317. The summed E-state index contributed by atoms with van der Waals surface area (Å²) in [6.07, 6.45) is 0. The molecule has 0 radical (unpaired) electrons. The molecule has 0 spiro atoms. The Hall–Kier alpha value is -2.85. The van der Waals surface area contributed by atoms with Crippen molar-refractivity contribution in [2.45, 2.75) is 50.9 Å². The van der Waals surface area contributed by atoms with Gasteiger partial charge in [-0.25, -0.2) is 0 Å². The molecule has 0 aliphatic rings. The molecule has 0 unspecified atom stereocenters. The molecule has 0 saturated heterocycles. The van der Waals surface area contributed by atoms with Crippen molar-refractivity contribution in [3.05, 3.63) is 95.1 Å². The van der Waals surface area contributed by atoms with Gasteiger partial charge in [0.1, 0.15) is 0 Å². The van der Waals surface area contributed by atoms with Gasteiger partial charge in [0.25, 0.3) is 0 Å². The largest absolute Gasteiger partial charge is 0.270 e. The second kappa shape index (κ2) is 8.72. The molecule has 1 heterocycles. The van der Waals surface area contributed by atoms with Crippen LogP contribution in [0.1, 0.15) is 43.0 Å². The van der Waals surface area contributed by atoms with Crippen molar-refractivity contribution in [2.75, 3.05) is 0 Å². The highest BCUT2D eigenvalue weighted by molar-refractivity contribution is 7.98. The number of aryl methyl sites for hydroxylation is 2. The molecule has 3 aromatic carbocycles. The number of rotatable bonds is 5. The van der Waals surface area contributed by atoms with Gasteiger partial charge in [0, 0.05) is 17.0 Å². The lowest BCUT2D eigenvalue weighted by Gasteiger charge is -2.19. The highest BCUT2D eigenvalue weighted by Gasteiger charge is 2.18. The van der Waals surface area contributed by atoms with Crippen molar-refractivity contribution in [2.24, 2.45) is 0 Å². The van der Waals surface area contributed by atoms with Gasteiger partial charge in [0.15, 0.2) is 11.0 Å². The van der Waals surface area contributed by atoms with Gasteiger partial charge < -0.3 is 0 Å². The molecule has 3 nitrogen and oxygen atoms in total. The Morgan fingerprint density at radius 3 is 1.90 bits per heavy atom. The van der Waals surface area contributed by atoms with E-state index in [2.05, 4.69) is 122 Å². The number of hydrogen-bond donors (Lipinski definition) is 0. The molecule has 4 heteroatoms. The molecule has 0 atom stereocenters. The summed E-state index contributed by atoms with van der Waals surface area (Å²) in [5.74, 6) is 1.73. The van der Waals surface area contributed by atoms with E-state index in [4.69, 9.17) is 0 Å². The number of benzene rings is 3. The maximum Gasteiger partial charge on any atom is 0.196 e. The highest BCUT2D eigenvalue weighted by Crippen LogP contribution is 2.31. The fourth-order valence-corrected chi connectivity index (χ4v) is 4.34. The first-order valence-electron chi connectivity index (χ1n) is 10.6. The third-order valence-corrected chi connectivity index (χ3v) is 6.42. The Bertz CT molecular complexity index is 1150. The molecule has 0 amide bonds. The van der Waals surface area contributed by atoms with Crippen molar-refractivity contribution in [1.29, 1.82) is 0 Å². The first-order chi connectivity index (χ1) is 14.8. The lowest BCUT2D eigenvalue weighted by atomic mass is 9.87. The fourth-order valence-electron chi connectivity index (χ4n) is 3.43. The molecule has 0 N–H and O–H groups in total. The van der Waals surface area contributed by atoms with E-state index in [-0.39, 0.29) is 5.41 Å². The lowest BCUT2D eigenvalue weighted by molar-refractivity contribution is 0.590. The minimum absolute atomic E-state index is 0.123. The van der Waals surface area contributed by atoms with E-state index in [0.29, 0.717) is 0 Å². The van der Waals surface area contributed by atoms with Gasteiger partial charge in [-0.15, -0.1) is 10.2 Å². The number of hydrogen-bond acceptors (Lipinski definition) is 3. The molecule has 31 heavy (non-hydrogen) atoms. The third-order valence-electron chi connectivity index (χ3n) is 5.42. The van der Waals surface area contributed by atoms with Gasteiger partial charge in [-0.05, 0) is 42.5 Å². The predicted octanol–water partition coefficient (Wildman–Crippen LogP) is 7.14. The van der Waals surface area contributed by atoms with Gasteiger partial charge in [-0.1, -0.05) is 104 Å². The number of nitrogens with zero attached hydrogens (tertiary/aromatic N) is 3. The summed E-state index contributed by atoms with van der Waals surface area (Å²) in [7, 11) is 0. The maximum atomic E-state index is 4.60. The molecular weight excluding hydrogens is 398 g/mol. The van der Waals surface area contributed by atoms with E-state index >= 15 is 0 Å². The van der Waals surface area contributed by atoms with Crippen LogP contribution in [0.5, 0.6) is 0 Å². The smallest absolute Gasteiger partial charge is 0.196 e. The van der Waals surface area contributed by atoms with Crippen LogP contribution in [0.3, 0.4) is 0 Å². The summed E-state index contributed by atoms with van der Waals surface area (Å²) in [4.78, 5) is 0. The van der Waals surface area contributed by atoms with Crippen molar-refractivity contribution in [1.82, 2.24) is 14.8 Å². The Kier molecular flexibility index (Phi) is 6.01. The SMILES string of the molecule is Cc1ccc(CSc2nnc(-c3ccc(C(C)(C)C)cc3)n2-c2ccc(C)cc2)cc1. The predicted molar refractivity (Wildman–Crippen MR) is 131 cm³/mol. The lowest BCUT2D eigenvalue weighted by Crippen LogP contribution is -2.10. The molecular formula is C27H29N3S. The van der Waals surface area contributed by atoms with E-state index in [0.717, 1.165) is 28.0 Å². The third kappa shape index (κ3) is 4.91. The normalized spacial score (nSPS) is 11.6. The average molecular weight is 428 g/mol. The summed E-state index contributed by atoms with van der Waals surface area (Å²) < 4.78 is 2.17.